The van der Waals surface area contributed by atoms with Crippen LogP contribution in [0.2, 0.25) is 0 Å². The molecule has 3 aromatic rings. The Morgan fingerprint density at radius 1 is 1.04 bits per heavy atom. The fourth-order valence-corrected chi connectivity index (χ4v) is 3.78. The molecular formula is C21H23N3O3. The molecule has 1 saturated heterocycles. The molecule has 6 heteroatoms. The van der Waals surface area contributed by atoms with E-state index in [1.165, 1.54) is 0 Å². The minimum Gasteiger partial charge on any atom is -0.493 e. The summed E-state index contributed by atoms with van der Waals surface area (Å²) in [5, 5.41) is 11.5. The predicted molar refractivity (Wildman–Crippen MR) is 105 cm³/mol. The van der Waals surface area contributed by atoms with E-state index in [1.54, 1.807) is 20.5 Å². The van der Waals surface area contributed by atoms with E-state index in [0.29, 0.717) is 24.5 Å². The average Bonchev–Trinajstić information content (AvgIpc) is 2.73. The van der Waals surface area contributed by atoms with Gasteiger partial charge in [0.05, 0.1) is 25.8 Å². The topological polar surface area (TPSA) is 67.7 Å². The van der Waals surface area contributed by atoms with Crippen LogP contribution in [-0.4, -0.2) is 48.5 Å². The molecule has 2 aromatic carbocycles. The second-order valence-electron chi connectivity index (χ2n) is 6.74. The maximum atomic E-state index is 10.6. The van der Waals surface area contributed by atoms with Crippen LogP contribution in [0.1, 0.15) is 17.9 Å². The summed E-state index contributed by atoms with van der Waals surface area (Å²) < 4.78 is 10.8. The number of fused-ring (bicyclic) bond motifs is 1. The van der Waals surface area contributed by atoms with Gasteiger partial charge in [0.25, 0.3) is 0 Å². The largest absolute Gasteiger partial charge is 0.493 e. The van der Waals surface area contributed by atoms with E-state index in [9.17, 15) is 5.11 Å². The summed E-state index contributed by atoms with van der Waals surface area (Å²) >= 11 is 0. The second-order valence-corrected chi connectivity index (χ2v) is 6.74. The van der Waals surface area contributed by atoms with Gasteiger partial charge in [0.1, 0.15) is 12.1 Å². The van der Waals surface area contributed by atoms with Crippen LogP contribution in [0.5, 0.6) is 11.5 Å². The van der Waals surface area contributed by atoms with Gasteiger partial charge in [-0.2, -0.15) is 0 Å². The summed E-state index contributed by atoms with van der Waals surface area (Å²) in [7, 11) is 3.23. The first-order valence-electron chi connectivity index (χ1n) is 9.06. The number of benzene rings is 2. The Kier molecular flexibility index (Phi) is 4.81. The zero-order chi connectivity index (χ0) is 18.8. The molecule has 4 rings (SSSR count). The van der Waals surface area contributed by atoms with Crippen LogP contribution in [0, 0.1) is 0 Å². The van der Waals surface area contributed by atoms with Crippen molar-refractivity contribution in [3.05, 3.63) is 54.4 Å². The van der Waals surface area contributed by atoms with Gasteiger partial charge in [-0.25, -0.2) is 9.97 Å². The standard InChI is InChI=1S/C21H23N3O3/c1-26-19-10-15-17(11-20(19)27-2)22-13-23-21(15)24-9-8-18(25)16(12-24)14-6-4-3-5-7-14/h3-7,10-11,13,16,18,25H,8-9,12H2,1-2H3/t16-,18-/m1/s1. The molecule has 0 unspecified atom stereocenters. The quantitative estimate of drug-likeness (QED) is 0.767. The van der Waals surface area contributed by atoms with Gasteiger partial charge in [-0.3, -0.25) is 0 Å². The molecule has 27 heavy (non-hydrogen) atoms. The van der Waals surface area contributed by atoms with Crippen molar-refractivity contribution in [2.75, 3.05) is 32.2 Å². The summed E-state index contributed by atoms with van der Waals surface area (Å²) in [5.74, 6) is 2.20. The summed E-state index contributed by atoms with van der Waals surface area (Å²) in [6.07, 6.45) is 1.91. The third kappa shape index (κ3) is 3.28. The molecule has 0 spiro atoms. The number of anilines is 1. The highest BCUT2D eigenvalue weighted by Crippen LogP contribution is 2.37. The predicted octanol–water partition coefficient (Wildman–Crippen LogP) is 3.00. The molecule has 140 valence electrons. The van der Waals surface area contributed by atoms with Crippen molar-refractivity contribution >= 4 is 16.7 Å². The lowest BCUT2D eigenvalue weighted by Crippen LogP contribution is -2.42. The molecule has 1 N–H and O–H groups in total. The molecule has 0 aliphatic carbocycles. The lowest BCUT2D eigenvalue weighted by Gasteiger charge is -2.37. The number of ether oxygens (including phenoxy) is 2. The van der Waals surface area contributed by atoms with E-state index in [2.05, 4.69) is 27.0 Å². The van der Waals surface area contributed by atoms with Crippen molar-refractivity contribution in [2.45, 2.75) is 18.4 Å². The number of methoxy groups -OCH3 is 2. The number of rotatable bonds is 4. The minimum absolute atomic E-state index is 0.0464. The molecule has 0 bridgehead atoms. The summed E-state index contributed by atoms with van der Waals surface area (Å²) in [4.78, 5) is 11.2. The highest BCUT2D eigenvalue weighted by atomic mass is 16.5. The van der Waals surface area contributed by atoms with Gasteiger partial charge in [0, 0.05) is 30.5 Å². The Bertz CT molecular complexity index is 933. The Morgan fingerprint density at radius 2 is 1.78 bits per heavy atom. The van der Waals surface area contributed by atoms with Gasteiger partial charge in [-0.05, 0) is 18.1 Å². The molecule has 1 fully saturated rings. The Morgan fingerprint density at radius 3 is 2.52 bits per heavy atom. The van der Waals surface area contributed by atoms with Crippen molar-refractivity contribution in [3.8, 4) is 11.5 Å². The van der Waals surface area contributed by atoms with Crippen LogP contribution in [0.4, 0.5) is 5.82 Å². The monoisotopic (exact) mass is 365 g/mol. The molecule has 6 nitrogen and oxygen atoms in total. The van der Waals surface area contributed by atoms with E-state index < -0.39 is 0 Å². The smallest absolute Gasteiger partial charge is 0.162 e. The van der Waals surface area contributed by atoms with Gasteiger partial charge in [0.2, 0.25) is 0 Å². The number of hydrogen-bond acceptors (Lipinski definition) is 6. The molecule has 0 radical (unpaired) electrons. The van der Waals surface area contributed by atoms with Crippen molar-refractivity contribution in [2.24, 2.45) is 0 Å². The highest BCUT2D eigenvalue weighted by molar-refractivity contribution is 5.92. The van der Waals surface area contributed by atoms with Crippen LogP contribution in [0.15, 0.2) is 48.8 Å². The molecule has 2 atom stereocenters. The van der Waals surface area contributed by atoms with Crippen molar-refractivity contribution in [1.82, 2.24) is 9.97 Å². The fourth-order valence-electron chi connectivity index (χ4n) is 3.78. The number of hydrogen-bond donors (Lipinski definition) is 1. The van der Waals surface area contributed by atoms with Crippen molar-refractivity contribution < 1.29 is 14.6 Å². The molecule has 2 heterocycles. The third-order valence-electron chi connectivity index (χ3n) is 5.22. The lowest BCUT2D eigenvalue weighted by atomic mass is 9.88. The Balaban J connectivity index is 1.73. The van der Waals surface area contributed by atoms with Crippen molar-refractivity contribution in [1.29, 1.82) is 0 Å². The van der Waals surface area contributed by atoms with Crippen molar-refractivity contribution in [3.63, 3.8) is 0 Å². The number of aliphatic hydroxyl groups is 1. The van der Waals surface area contributed by atoms with E-state index in [1.807, 2.05) is 30.3 Å². The maximum absolute atomic E-state index is 10.6. The minimum atomic E-state index is -0.355. The number of aliphatic hydroxyl groups excluding tert-OH is 1. The van der Waals surface area contributed by atoms with Gasteiger partial charge >= 0.3 is 0 Å². The number of nitrogens with zero attached hydrogens (tertiary/aromatic N) is 3. The first-order valence-corrected chi connectivity index (χ1v) is 9.06. The van der Waals surface area contributed by atoms with Gasteiger partial charge in [-0.1, -0.05) is 30.3 Å². The zero-order valence-electron chi connectivity index (χ0n) is 15.5. The van der Waals surface area contributed by atoms with Crippen LogP contribution in [0.25, 0.3) is 10.9 Å². The second kappa shape index (κ2) is 7.40. The summed E-state index contributed by atoms with van der Waals surface area (Å²) in [6.45, 7) is 1.44. The van der Waals surface area contributed by atoms with E-state index in [4.69, 9.17) is 9.47 Å². The van der Waals surface area contributed by atoms with Crippen LogP contribution in [-0.2, 0) is 0 Å². The lowest BCUT2D eigenvalue weighted by molar-refractivity contribution is 0.122. The van der Waals surface area contributed by atoms with E-state index in [-0.39, 0.29) is 12.0 Å². The van der Waals surface area contributed by atoms with E-state index in [0.717, 1.165) is 28.8 Å². The number of piperidine rings is 1. The molecular weight excluding hydrogens is 342 g/mol. The molecule has 1 aromatic heterocycles. The molecule has 1 aliphatic rings. The van der Waals surface area contributed by atoms with Crippen LogP contribution < -0.4 is 14.4 Å². The molecule has 0 saturated carbocycles. The highest BCUT2D eigenvalue weighted by Gasteiger charge is 2.30. The fraction of sp³-hybridized carbons (Fsp3) is 0.333. The van der Waals surface area contributed by atoms with E-state index >= 15 is 0 Å². The third-order valence-corrected chi connectivity index (χ3v) is 5.22. The van der Waals surface area contributed by atoms with Gasteiger partial charge in [0.15, 0.2) is 11.5 Å². The average molecular weight is 365 g/mol. The first-order chi connectivity index (χ1) is 13.2. The Labute approximate surface area is 158 Å². The normalized spacial score (nSPS) is 19.9. The first kappa shape index (κ1) is 17.5. The van der Waals surface area contributed by atoms with Crippen LogP contribution in [0.3, 0.4) is 0 Å². The van der Waals surface area contributed by atoms with Crippen LogP contribution >= 0.6 is 0 Å². The van der Waals surface area contributed by atoms with Gasteiger partial charge in [-0.15, -0.1) is 0 Å². The SMILES string of the molecule is COc1cc2ncnc(N3CC[C@@H](O)[C@@H](c4ccccc4)C3)c2cc1OC. The zero-order valence-corrected chi connectivity index (χ0v) is 15.5. The summed E-state index contributed by atoms with van der Waals surface area (Å²) in [6, 6.07) is 14.0. The molecule has 0 amide bonds. The molecule has 1 aliphatic heterocycles. The maximum Gasteiger partial charge on any atom is 0.162 e. The van der Waals surface area contributed by atoms with Gasteiger partial charge < -0.3 is 19.5 Å². The number of aromatic nitrogens is 2. The Hall–Kier alpha value is -2.86. The summed E-state index contributed by atoms with van der Waals surface area (Å²) in [5.41, 5.74) is 1.95.